The SMILES string of the molecule is CN1C(=N)N[C@](C)(c2cc(NC(=O)c3cnc(C(F)(F)F)cn3)cc(F)c2F)CS1(=O)=O. The Morgan fingerprint density at radius 1 is 1.25 bits per heavy atom. The molecule has 172 valence electrons. The van der Waals surface area contributed by atoms with Crippen LogP contribution in [0.4, 0.5) is 27.6 Å². The fourth-order valence-electron chi connectivity index (χ4n) is 2.97. The molecule has 32 heavy (non-hydrogen) atoms. The number of aromatic nitrogens is 2. The number of nitrogens with zero attached hydrogens (tertiary/aromatic N) is 3. The van der Waals surface area contributed by atoms with Gasteiger partial charge in [-0.25, -0.2) is 31.5 Å². The van der Waals surface area contributed by atoms with Crippen LogP contribution in [0.5, 0.6) is 0 Å². The predicted molar refractivity (Wildman–Crippen MR) is 101 cm³/mol. The minimum Gasteiger partial charge on any atom is -0.345 e. The molecule has 0 saturated carbocycles. The number of sulfonamides is 1. The zero-order valence-corrected chi connectivity index (χ0v) is 17.2. The second kappa shape index (κ2) is 7.65. The van der Waals surface area contributed by atoms with E-state index in [4.69, 9.17) is 5.41 Å². The molecule has 1 fully saturated rings. The zero-order valence-electron chi connectivity index (χ0n) is 16.4. The lowest BCUT2D eigenvalue weighted by Crippen LogP contribution is -2.61. The number of carbonyl (C=O) groups excluding carboxylic acids is 1. The van der Waals surface area contributed by atoms with E-state index in [0.29, 0.717) is 22.8 Å². The molecule has 0 unspecified atom stereocenters. The summed E-state index contributed by atoms with van der Waals surface area (Å²) < 4.78 is 91.7. The van der Waals surface area contributed by atoms with E-state index in [2.05, 4.69) is 20.6 Å². The number of carbonyl (C=O) groups is 1. The van der Waals surface area contributed by atoms with Gasteiger partial charge < -0.3 is 10.6 Å². The molecule has 1 aromatic carbocycles. The zero-order chi connectivity index (χ0) is 24.1. The van der Waals surface area contributed by atoms with E-state index in [1.54, 1.807) is 0 Å². The van der Waals surface area contributed by atoms with Crippen LogP contribution in [0, 0.1) is 17.0 Å². The van der Waals surface area contributed by atoms with Gasteiger partial charge in [0, 0.05) is 24.4 Å². The van der Waals surface area contributed by atoms with E-state index < -0.39 is 67.9 Å². The summed E-state index contributed by atoms with van der Waals surface area (Å²) >= 11 is 0. The first-order valence-electron chi connectivity index (χ1n) is 8.67. The van der Waals surface area contributed by atoms with Gasteiger partial charge in [0.05, 0.1) is 23.7 Å². The fourth-order valence-corrected chi connectivity index (χ4v) is 4.45. The van der Waals surface area contributed by atoms with Crippen molar-refractivity contribution < 1.29 is 35.2 Å². The molecule has 3 rings (SSSR count). The highest BCUT2D eigenvalue weighted by Gasteiger charge is 2.44. The Morgan fingerprint density at radius 3 is 2.44 bits per heavy atom. The second-order valence-corrected chi connectivity index (χ2v) is 9.09. The molecule has 0 spiro atoms. The minimum atomic E-state index is -4.76. The molecule has 15 heteroatoms. The molecule has 3 N–H and O–H groups in total. The van der Waals surface area contributed by atoms with E-state index in [1.165, 1.54) is 6.92 Å². The van der Waals surface area contributed by atoms with Crippen molar-refractivity contribution in [3.05, 3.63) is 53.1 Å². The molecule has 0 radical (unpaired) electrons. The van der Waals surface area contributed by atoms with Crippen LogP contribution in [0.1, 0.15) is 28.7 Å². The molecule has 1 aromatic heterocycles. The molecule has 1 atom stereocenters. The van der Waals surface area contributed by atoms with Crippen molar-refractivity contribution in [2.24, 2.45) is 0 Å². The van der Waals surface area contributed by atoms with Crippen molar-refractivity contribution in [1.82, 2.24) is 19.6 Å². The highest BCUT2D eigenvalue weighted by Crippen LogP contribution is 2.33. The maximum absolute atomic E-state index is 14.6. The number of amides is 1. The number of hydrogen-bond donors (Lipinski definition) is 3. The lowest BCUT2D eigenvalue weighted by Gasteiger charge is -2.40. The van der Waals surface area contributed by atoms with Gasteiger partial charge in [-0.15, -0.1) is 0 Å². The van der Waals surface area contributed by atoms with E-state index in [0.717, 1.165) is 13.1 Å². The normalized spacial score (nSPS) is 20.6. The number of rotatable bonds is 3. The number of guanidine groups is 1. The molecule has 1 saturated heterocycles. The first-order chi connectivity index (χ1) is 14.6. The summed E-state index contributed by atoms with van der Waals surface area (Å²) in [5.41, 5.74) is -4.43. The van der Waals surface area contributed by atoms with Crippen molar-refractivity contribution in [3.63, 3.8) is 0 Å². The fraction of sp³-hybridized carbons (Fsp3) is 0.294. The Hall–Kier alpha value is -3.36. The van der Waals surface area contributed by atoms with Gasteiger partial charge in [-0.05, 0) is 13.0 Å². The van der Waals surface area contributed by atoms with Gasteiger partial charge in [-0.2, -0.15) is 13.2 Å². The number of anilines is 1. The smallest absolute Gasteiger partial charge is 0.345 e. The average Bonchev–Trinajstić information content (AvgIpc) is 2.67. The summed E-state index contributed by atoms with van der Waals surface area (Å²) in [4.78, 5) is 18.7. The van der Waals surface area contributed by atoms with Crippen LogP contribution >= 0.6 is 0 Å². The predicted octanol–water partition coefficient (Wildman–Crippen LogP) is 2.04. The van der Waals surface area contributed by atoms with E-state index in [-0.39, 0.29) is 5.69 Å². The summed E-state index contributed by atoms with van der Waals surface area (Å²) in [7, 11) is -2.92. The highest BCUT2D eigenvalue weighted by atomic mass is 32.2. The molecule has 1 aliphatic heterocycles. The van der Waals surface area contributed by atoms with Crippen molar-refractivity contribution >= 4 is 27.6 Å². The summed E-state index contributed by atoms with van der Waals surface area (Å²) in [6.45, 7) is 1.23. The van der Waals surface area contributed by atoms with Crippen molar-refractivity contribution in [3.8, 4) is 0 Å². The number of benzene rings is 1. The average molecular weight is 478 g/mol. The Balaban J connectivity index is 1.94. The van der Waals surface area contributed by atoms with Gasteiger partial charge in [-0.1, -0.05) is 0 Å². The molecule has 9 nitrogen and oxygen atoms in total. The molecule has 2 aromatic rings. The maximum Gasteiger partial charge on any atom is 0.434 e. The summed E-state index contributed by atoms with van der Waals surface area (Å²) in [6.07, 6.45) is -3.86. The third kappa shape index (κ3) is 4.32. The molecule has 0 bridgehead atoms. The lowest BCUT2D eigenvalue weighted by molar-refractivity contribution is -0.141. The van der Waals surface area contributed by atoms with Crippen LogP contribution in [0.3, 0.4) is 0 Å². The first kappa shape index (κ1) is 23.3. The molecule has 1 amide bonds. The molecule has 1 aliphatic rings. The summed E-state index contributed by atoms with van der Waals surface area (Å²) in [5.74, 6) is -5.20. The summed E-state index contributed by atoms with van der Waals surface area (Å²) in [5, 5.41) is 12.4. The maximum atomic E-state index is 14.6. The largest absolute Gasteiger partial charge is 0.434 e. The third-order valence-electron chi connectivity index (χ3n) is 4.65. The van der Waals surface area contributed by atoms with E-state index in [1.807, 2.05) is 0 Å². The monoisotopic (exact) mass is 478 g/mol. The number of alkyl halides is 3. The molecular weight excluding hydrogens is 463 g/mol. The van der Waals surface area contributed by atoms with Gasteiger partial charge in [0.25, 0.3) is 5.91 Å². The standard InChI is InChI=1S/C17H15F5N6O3S/c1-16(7-32(30,31)28(2)15(23)27-16)9-3-8(4-10(18)13(9)19)26-14(29)11-5-25-12(6-24-11)17(20,21)22/h3-6H,7H2,1-2H3,(H2,23,27)(H,26,29)/t16-/m0/s1. The van der Waals surface area contributed by atoms with Crippen LogP contribution in [0.25, 0.3) is 0 Å². The Kier molecular flexibility index (Phi) is 5.57. The van der Waals surface area contributed by atoms with Crippen molar-refractivity contribution in [2.75, 3.05) is 18.1 Å². The first-order valence-corrected chi connectivity index (χ1v) is 10.3. The Morgan fingerprint density at radius 2 is 1.91 bits per heavy atom. The minimum absolute atomic E-state index is 0.323. The third-order valence-corrected chi connectivity index (χ3v) is 6.61. The quantitative estimate of drug-likeness (QED) is 0.580. The van der Waals surface area contributed by atoms with Crippen molar-refractivity contribution in [2.45, 2.75) is 18.6 Å². The van der Waals surface area contributed by atoms with Crippen LogP contribution < -0.4 is 10.6 Å². The molecule has 2 heterocycles. The van der Waals surface area contributed by atoms with Gasteiger partial charge in [0.15, 0.2) is 17.3 Å². The van der Waals surface area contributed by atoms with E-state index in [9.17, 15) is 35.2 Å². The Bertz CT molecular complexity index is 1200. The molecular formula is C17H15F5N6O3S. The van der Waals surface area contributed by atoms with Gasteiger partial charge in [0.2, 0.25) is 16.0 Å². The van der Waals surface area contributed by atoms with Crippen molar-refractivity contribution in [1.29, 1.82) is 5.41 Å². The Labute approximate surface area is 178 Å². The lowest BCUT2D eigenvalue weighted by atomic mass is 9.92. The van der Waals surface area contributed by atoms with Crippen LogP contribution in [-0.4, -0.2) is 47.4 Å². The van der Waals surface area contributed by atoms with Crippen LogP contribution in [0.15, 0.2) is 24.5 Å². The van der Waals surface area contributed by atoms with Gasteiger partial charge in [-0.3, -0.25) is 10.2 Å². The van der Waals surface area contributed by atoms with Crippen LogP contribution in [-0.2, 0) is 21.7 Å². The second-order valence-electron chi connectivity index (χ2n) is 7.09. The summed E-state index contributed by atoms with van der Waals surface area (Å²) in [6, 6.07) is 1.56. The number of hydrogen-bond acceptors (Lipinski definition) is 6. The number of nitrogens with one attached hydrogen (secondary N) is 3. The van der Waals surface area contributed by atoms with Crippen LogP contribution in [0.2, 0.25) is 0 Å². The molecule has 0 aliphatic carbocycles. The van der Waals surface area contributed by atoms with Gasteiger partial charge >= 0.3 is 6.18 Å². The number of halogens is 5. The van der Waals surface area contributed by atoms with E-state index >= 15 is 0 Å². The highest BCUT2D eigenvalue weighted by molar-refractivity contribution is 7.89. The topological polar surface area (TPSA) is 128 Å². The van der Waals surface area contributed by atoms with Gasteiger partial charge in [0.1, 0.15) is 5.69 Å².